The number of aliphatic imine (C=N–C) groups is 2. The number of rotatable bonds is 1. The van der Waals surface area contributed by atoms with Crippen molar-refractivity contribution >= 4 is 24.6 Å². The van der Waals surface area contributed by atoms with Gasteiger partial charge in [0.1, 0.15) is 12.8 Å². The zero-order valence-corrected chi connectivity index (χ0v) is 10.7. The van der Waals surface area contributed by atoms with Crippen molar-refractivity contribution in [3.8, 4) is 0 Å². The molecule has 0 aromatic heterocycles. The van der Waals surface area contributed by atoms with Gasteiger partial charge in [0.25, 0.3) is 0 Å². The van der Waals surface area contributed by atoms with Gasteiger partial charge >= 0.3 is 57.4 Å². The number of nitrogens with one attached hydrogen (secondary N) is 1. The molecule has 0 spiro atoms. The SMILES string of the molecule is O=C1CN(C2N=CN=C[N-]2)C(=O)N1.[K+]. The fourth-order valence-corrected chi connectivity index (χ4v) is 1.07. The minimum Gasteiger partial charge on any atom is -0.434 e. The summed E-state index contributed by atoms with van der Waals surface area (Å²) in [7, 11) is 0. The van der Waals surface area contributed by atoms with Crippen LogP contribution in [0.25, 0.3) is 5.32 Å². The van der Waals surface area contributed by atoms with Crippen LogP contribution in [-0.2, 0) is 4.79 Å². The van der Waals surface area contributed by atoms with E-state index >= 15 is 0 Å². The average Bonchev–Trinajstić information content (AvgIpc) is 2.47. The minimum atomic E-state index is -0.649. The van der Waals surface area contributed by atoms with Crippen molar-refractivity contribution in [1.82, 2.24) is 10.2 Å². The first-order chi connectivity index (χ1) is 6.27. The zero-order chi connectivity index (χ0) is 9.26. The van der Waals surface area contributed by atoms with Gasteiger partial charge in [-0.25, -0.2) is 4.79 Å². The van der Waals surface area contributed by atoms with Crippen molar-refractivity contribution in [3.05, 3.63) is 5.32 Å². The van der Waals surface area contributed by atoms with Crippen molar-refractivity contribution in [2.24, 2.45) is 9.98 Å². The van der Waals surface area contributed by atoms with Gasteiger partial charge in [-0.15, -0.1) is 0 Å². The molecular weight excluding hydrogens is 213 g/mol. The predicted octanol–water partition coefficient (Wildman–Crippen LogP) is -3.73. The third kappa shape index (κ3) is 2.39. The van der Waals surface area contributed by atoms with Gasteiger partial charge < -0.3 is 10.3 Å². The topological polar surface area (TPSA) is 88.2 Å². The van der Waals surface area contributed by atoms with Crippen LogP contribution in [0.2, 0.25) is 0 Å². The fourth-order valence-electron chi connectivity index (χ4n) is 1.07. The molecule has 1 N–H and O–H groups in total. The average molecular weight is 219 g/mol. The summed E-state index contributed by atoms with van der Waals surface area (Å²) >= 11 is 0. The van der Waals surface area contributed by atoms with Crippen LogP contribution in [0.5, 0.6) is 0 Å². The number of imide groups is 1. The molecule has 0 radical (unpaired) electrons. The molecule has 0 aliphatic carbocycles. The van der Waals surface area contributed by atoms with Crippen LogP contribution in [0.4, 0.5) is 4.79 Å². The van der Waals surface area contributed by atoms with Gasteiger partial charge in [-0.1, -0.05) is 6.34 Å². The Morgan fingerprint density at radius 1 is 1.57 bits per heavy atom. The molecule has 3 amide bonds. The number of carbonyl (C=O) groups is 2. The monoisotopic (exact) mass is 219 g/mol. The maximum absolute atomic E-state index is 11.1. The van der Waals surface area contributed by atoms with Crippen LogP contribution in [0.3, 0.4) is 0 Å². The molecule has 14 heavy (non-hydrogen) atoms. The Hall–Kier alpha value is -0.284. The third-order valence-corrected chi connectivity index (χ3v) is 1.63. The Morgan fingerprint density at radius 3 is 2.86 bits per heavy atom. The molecule has 1 atom stereocenters. The second kappa shape index (κ2) is 4.98. The van der Waals surface area contributed by atoms with Crippen molar-refractivity contribution in [2.45, 2.75) is 6.29 Å². The van der Waals surface area contributed by atoms with E-state index in [0.717, 1.165) is 0 Å². The molecule has 1 unspecified atom stereocenters. The Kier molecular flexibility index (Phi) is 4.20. The number of urea groups is 1. The van der Waals surface area contributed by atoms with Gasteiger partial charge in [-0.05, 0) is 0 Å². The molecule has 0 saturated carbocycles. The summed E-state index contributed by atoms with van der Waals surface area (Å²) in [6.45, 7) is -0.00181. The van der Waals surface area contributed by atoms with Crippen LogP contribution in [0.1, 0.15) is 0 Å². The minimum absolute atomic E-state index is 0. The molecule has 2 aliphatic rings. The van der Waals surface area contributed by atoms with Crippen LogP contribution in [0, 0.1) is 0 Å². The summed E-state index contributed by atoms with van der Waals surface area (Å²) in [4.78, 5) is 30.6. The molecule has 2 heterocycles. The summed E-state index contributed by atoms with van der Waals surface area (Å²) in [6.07, 6.45) is 1.95. The van der Waals surface area contributed by atoms with Crippen molar-refractivity contribution < 1.29 is 61.0 Å². The molecule has 1 fully saturated rings. The molecule has 0 aromatic rings. The quantitative estimate of drug-likeness (QED) is 0.363. The van der Waals surface area contributed by atoms with E-state index in [1.165, 1.54) is 17.6 Å². The molecule has 2 rings (SSSR count). The molecular formula is C6H6KN5O2. The van der Waals surface area contributed by atoms with E-state index in [-0.39, 0.29) is 63.8 Å². The van der Waals surface area contributed by atoms with Gasteiger partial charge in [0.15, 0.2) is 0 Å². The summed E-state index contributed by atoms with van der Waals surface area (Å²) in [5, 5.41) is 5.95. The molecule has 1 saturated heterocycles. The number of nitrogens with zero attached hydrogens (tertiary/aromatic N) is 4. The molecule has 0 aromatic carbocycles. The predicted molar refractivity (Wildman–Crippen MR) is 44.4 cm³/mol. The van der Waals surface area contributed by atoms with Crippen LogP contribution < -0.4 is 56.7 Å². The maximum Gasteiger partial charge on any atom is 1.00 e. The smallest absolute Gasteiger partial charge is 0.434 e. The first-order valence-corrected chi connectivity index (χ1v) is 3.61. The molecule has 2 aliphatic heterocycles. The second-order valence-corrected chi connectivity index (χ2v) is 2.51. The van der Waals surface area contributed by atoms with E-state index in [1.54, 1.807) is 0 Å². The number of hydrogen-bond donors (Lipinski definition) is 1. The molecule has 7 nitrogen and oxygen atoms in total. The van der Waals surface area contributed by atoms with Crippen molar-refractivity contribution in [1.29, 1.82) is 0 Å². The maximum atomic E-state index is 11.1. The molecule has 0 bridgehead atoms. The first kappa shape index (κ1) is 11.8. The zero-order valence-electron chi connectivity index (χ0n) is 7.54. The second-order valence-electron chi connectivity index (χ2n) is 2.51. The molecule has 8 heteroatoms. The van der Waals surface area contributed by atoms with E-state index in [1.807, 2.05) is 0 Å². The number of carbonyl (C=O) groups excluding carboxylic acids is 2. The van der Waals surface area contributed by atoms with E-state index in [0.29, 0.717) is 0 Å². The summed E-state index contributed by atoms with van der Waals surface area (Å²) in [5.74, 6) is -0.335. The first-order valence-electron chi connectivity index (χ1n) is 3.61. The van der Waals surface area contributed by atoms with Gasteiger partial charge in [0.05, 0.1) is 0 Å². The third-order valence-electron chi connectivity index (χ3n) is 1.63. The van der Waals surface area contributed by atoms with Crippen molar-refractivity contribution in [3.63, 3.8) is 0 Å². The van der Waals surface area contributed by atoms with Gasteiger partial charge in [0.2, 0.25) is 5.91 Å². The Balaban J connectivity index is 0.000000980. The summed E-state index contributed by atoms with van der Waals surface area (Å²) in [5.41, 5.74) is 0. The Morgan fingerprint density at radius 2 is 2.36 bits per heavy atom. The normalized spacial score (nSPS) is 24.3. The number of amides is 3. The Labute approximate surface area is 122 Å². The van der Waals surface area contributed by atoms with Crippen LogP contribution in [0.15, 0.2) is 9.98 Å². The van der Waals surface area contributed by atoms with Crippen molar-refractivity contribution in [2.75, 3.05) is 6.54 Å². The number of hydrogen-bond acceptors (Lipinski definition) is 4. The van der Waals surface area contributed by atoms with Crippen LogP contribution >= 0.6 is 0 Å². The largest absolute Gasteiger partial charge is 1.00 e. The summed E-state index contributed by atoms with van der Waals surface area (Å²) in [6, 6.07) is -0.466. The van der Waals surface area contributed by atoms with Gasteiger partial charge in [-0.2, -0.15) is 0 Å². The van der Waals surface area contributed by atoms with E-state index in [9.17, 15) is 9.59 Å². The summed E-state index contributed by atoms with van der Waals surface area (Å²) < 4.78 is 0. The van der Waals surface area contributed by atoms with Gasteiger partial charge in [-0.3, -0.25) is 20.0 Å². The molecule has 68 valence electrons. The fraction of sp³-hybridized carbons (Fsp3) is 0.333. The van der Waals surface area contributed by atoms with Gasteiger partial charge in [0, 0.05) is 6.34 Å². The van der Waals surface area contributed by atoms with E-state index in [2.05, 4.69) is 20.6 Å². The standard InChI is InChI=1S/C6H7N5O2.K/c12-4-1-11(6(13)10-4)5-8-2-7-3-9-5;/h2-3,5H,1H2,(H2,7,8,9,10,12,13);/q;+1/p-1. The van der Waals surface area contributed by atoms with E-state index in [4.69, 9.17) is 0 Å². The Bertz CT molecular complexity index is 315. The van der Waals surface area contributed by atoms with E-state index < -0.39 is 12.3 Å². The van der Waals surface area contributed by atoms with Crippen LogP contribution in [-0.4, -0.2) is 42.3 Å².